The van der Waals surface area contributed by atoms with Crippen LogP contribution in [0.15, 0.2) is 36.4 Å². The minimum absolute atomic E-state index is 0.0517. The van der Waals surface area contributed by atoms with Crippen LogP contribution < -0.4 is 0 Å². The molecular weight excluding hydrogens is 520 g/mol. The monoisotopic (exact) mass is 558 g/mol. The van der Waals surface area contributed by atoms with Gasteiger partial charge in [-0.05, 0) is 73.6 Å². The van der Waals surface area contributed by atoms with E-state index in [9.17, 15) is 34.2 Å². The molecule has 0 saturated heterocycles. The van der Waals surface area contributed by atoms with Gasteiger partial charge in [-0.1, -0.05) is 63.6 Å². The zero-order valence-electron chi connectivity index (χ0n) is 24.5. The molecule has 0 bridgehead atoms. The molecule has 3 aliphatic rings. The largest absolute Gasteiger partial charge is 0.507 e. The molecule has 2 fully saturated rings. The van der Waals surface area contributed by atoms with Gasteiger partial charge in [0.1, 0.15) is 17.5 Å². The van der Waals surface area contributed by atoms with Crippen molar-refractivity contribution in [2.45, 2.75) is 72.8 Å². The van der Waals surface area contributed by atoms with Crippen LogP contribution in [0.1, 0.15) is 73.7 Å². The van der Waals surface area contributed by atoms with E-state index in [4.69, 9.17) is 0 Å². The van der Waals surface area contributed by atoms with Crippen LogP contribution in [0.3, 0.4) is 0 Å². The van der Waals surface area contributed by atoms with Crippen molar-refractivity contribution in [3.05, 3.63) is 64.2 Å². The number of phenolic OH excluding ortho intramolecular Hbond substituents is 1. The zero-order valence-corrected chi connectivity index (χ0v) is 24.5. The van der Waals surface area contributed by atoms with Gasteiger partial charge in [-0.3, -0.25) is 24.0 Å². The van der Waals surface area contributed by atoms with Gasteiger partial charge in [0.05, 0.1) is 11.5 Å². The minimum atomic E-state index is -2.68. The zero-order chi connectivity index (χ0) is 30.2. The van der Waals surface area contributed by atoms with Gasteiger partial charge < -0.3 is 10.2 Å². The number of rotatable bonds is 5. The van der Waals surface area contributed by atoms with Crippen LogP contribution in [0.25, 0.3) is 0 Å². The standard InChI is InChI=1S/C34H38O7/c1-17(2)26-28(37)24(19(4)35)30(39)34(41)31(40)27-29(38)25-22(15-32(27,5)16-33(26,34)6)21(13-14-23(25)36)12-11-20-9-7-18(3)8-10-20/h7-10,13-14,17,24,26-27,36,41H,11-12,15-16H2,1-6H3/t24?,26?,27?,32-,33-,34+/m1/s1. The molecule has 41 heavy (non-hydrogen) atoms. The van der Waals surface area contributed by atoms with E-state index in [0.717, 1.165) is 23.6 Å². The lowest BCUT2D eigenvalue weighted by Gasteiger charge is -2.61. The van der Waals surface area contributed by atoms with Gasteiger partial charge in [0, 0.05) is 11.3 Å². The number of aromatic hydroxyl groups is 1. The van der Waals surface area contributed by atoms with E-state index < -0.39 is 63.1 Å². The summed E-state index contributed by atoms with van der Waals surface area (Å²) in [4.78, 5) is 68.3. The van der Waals surface area contributed by atoms with Gasteiger partial charge in [0.15, 0.2) is 28.7 Å². The van der Waals surface area contributed by atoms with Crippen LogP contribution in [0.5, 0.6) is 5.75 Å². The number of benzene rings is 2. The fourth-order valence-electron chi connectivity index (χ4n) is 8.47. The molecule has 6 atom stereocenters. The third kappa shape index (κ3) is 3.99. The Kier molecular flexibility index (Phi) is 6.77. The first-order chi connectivity index (χ1) is 19.1. The van der Waals surface area contributed by atoms with Crippen LogP contribution in [-0.4, -0.2) is 44.7 Å². The predicted octanol–water partition coefficient (Wildman–Crippen LogP) is 4.19. The predicted molar refractivity (Wildman–Crippen MR) is 152 cm³/mol. The molecule has 7 nitrogen and oxygen atoms in total. The molecule has 2 aromatic carbocycles. The normalized spacial score (nSPS) is 32.9. The van der Waals surface area contributed by atoms with Crippen molar-refractivity contribution in [3.63, 3.8) is 0 Å². The second kappa shape index (κ2) is 9.55. The molecule has 0 aliphatic heterocycles. The highest BCUT2D eigenvalue weighted by Crippen LogP contribution is 2.63. The SMILES string of the molecule is CC(=O)C1C(=O)C(C(C)C)[C@@]2(C)C[C@@]3(C)Cc4c(CCc5ccc(C)cc5)ccc(O)c4C(=O)C3C(=O)[C@@]2(O)C1=O. The molecule has 3 unspecified atom stereocenters. The molecule has 0 radical (unpaired) electrons. The summed E-state index contributed by atoms with van der Waals surface area (Å²) in [5.74, 6) is -8.73. The van der Waals surface area contributed by atoms with Crippen molar-refractivity contribution in [2.75, 3.05) is 0 Å². The third-order valence-electron chi connectivity index (χ3n) is 10.2. The number of ketones is 5. The molecule has 2 aromatic rings. The highest BCUT2D eigenvalue weighted by atomic mass is 16.3. The van der Waals surface area contributed by atoms with Gasteiger partial charge >= 0.3 is 0 Å². The number of carbonyl (C=O) groups excluding carboxylic acids is 5. The molecule has 3 aliphatic carbocycles. The van der Waals surface area contributed by atoms with Gasteiger partial charge in [-0.25, -0.2) is 0 Å². The number of hydrogen-bond donors (Lipinski definition) is 2. The van der Waals surface area contributed by atoms with E-state index in [2.05, 4.69) is 12.1 Å². The van der Waals surface area contributed by atoms with Gasteiger partial charge in [0.2, 0.25) is 0 Å². The second-order valence-electron chi connectivity index (χ2n) is 13.4. The smallest absolute Gasteiger partial charge is 0.190 e. The minimum Gasteiger partial charge on any atom is -0.507 e. The molecule has 2 saturated carbocycles. The van der Waals surface area contributed by atoms with Gasteiger partial charge in [0.25, 0.3) is 0 Å². The Bertz CT molecular complexity index is 1500. The number of fused-ring (bicyclic) bond motifs is 3. The second-order valence-corrected chi connectivity index (χ2v) is 13.4. The Morgan fingerprint density at radius 2 is 1.61 bits per heavy atom. The fraction of sp³-hybridized carbons (Fsp3) is 0.500. The molecule has 0 amide bonds. The summed E-state index contributed by atoms with van der Waals surface area (Å²) in [6, 6.07) is 11.5. The Balaban J connectivity index is 1.63. The quantitative estimate of drug-likeness (QED) is 0.527. The molecule has 5 rings (SSSR count). The Labute approximate surface area is 240 Å². The van der Waals surface area contributed by atoms with E-state index in [1.165, 1.54) is 6.07 Å². The van der Waals surface area contributed by atoms with Crippen LogP contribution in [0, 0.1) is 41.4 Å². The van der Waals surface area contributed by atoms with E-state index in [0.29, 0.717) is 18.4 Å². The maximum Gasteiger partial charge on any atom is 0.190 e. The van der Waals surface area contributed by atoms with Crippen LogP contribution in [0.2, 0.25) is 0 Å². The third-order valence-corrected chi connectivity index (χ3v) is 10.2. The molecule has 0 spiro atoms. The number of carbonyl (C=O) groups is 5. The number of Topliss-reactive ketones (excluding diaryl/α,β-unsaturated/α-hetero) is 5. The lowest BCUT2D eigenvalue weighted by molar-refractivity contribution is -0.205. The van der Waals surface area contributed by atoms with Crippen molar-refractivity contribution in [1.82, 2.24) is 0 Å². The summed E-state index contributed by atoms with van der Waals surface area (Å²) in [5, 5.41) is 22.9. The van der Waals surface area contributed by atoms with Crippen molar-refractivity contribution in [2.24, 2.45) is 34.5 Å². The summed E-state index contributed by atoms with van der Waals surface area (Å²) < 4.78 is 0. The van der Waals surface area contributed by atoms with Crippen molar-refractivity contribution >= 4 is 28.9 Å². The maximum absolute atomic E-state index is 14.3. The van der Waals surface area contributed by atoms with E-state index in [1.807, 2.05) is 25.1 Å². The van der Waals surface area contributed by atoms with Crippen molar-refractivity contribution < 1.29 is 34.2 Å². The summed E-state index contributed by atoms with van der Waals surface area (Å²) in [6.07, 6.45) is 1.64. The fourth-order valence-corrected chi connectivity index (χ4v) is 8.47. The number of hydrogen-bond acceptors (Lipinski definition) is 7. The first-order valence-corrected chi connectivity index (χ1v) is 14.4. The molecule has 0 aromatic heterocycles. The first kappa shape index (κ1) is 29.1. The van der Waals surface area contributed by atoms with E-state index in [-0.39, 0.29) is 30.1 Å². The van der Waals surface area contributed by atoms with Crippen molar-refractivity contribution in [3.8, 4) is 5.75 Å². The topological polar surface area (TPSA) is 126 Å². The Hall–Kier alpha value is -3.45. The van der Waals surface area contributed by atoms with E-state index in [1.54, 1.807) is 27.7 Å². The first-order valence-electron chi connectivity index (χ1n) is 14.4. The van der Waals surface area contributed by atoms with Crippen molar-refractivity contribution in [1.29, 1.82) is 0 Å². The average molecular weight is 559 g/mol. The lowest BCUT2D eigenvalue weighted by Crippen LogP contribution is -2.76. The van der Waals surface area contributed by atoms with Crippen LogP contribution in [-0.2, 0) is 38.4 Å². The summed E-state index contributed by atoms with van der Waals surface area (Å²) in [5.41, 5.74) is -1.32. The molecule has 2 N–H and O–H groups in total. The number of phenols is 1. The highest BCUT2D eigenvalue weighted by Gasteiger charge is 2.76. The van der Waals surface area contributed by atoms with Gasteiger partial charge in [-0.2, -0.15) is 0 Å². The summed E-state index contributed by atoms with van der Waals surface area (Å²) in [7, 11) is 0. The highest BCUT2D eigenvalue weighted by molar-refractivity contribution is 6.32. The lowest BCUT2D eigenvalue weighted by atomic mass is 9.40. The maximum atomic E-state index is 14.3. The van der Waals surface area contributed by atoms with Crippen LogP contribution in [0.4, 0.5) is 0 Å². The molecule has 216 valence electrons. The molecular formula is C34H38O7. The molecule has 0 heterocycles. The Morgan fingerprint density at radius 3 is 2.20 bits per heavy atom. The Morgan fingerprint density at radius 1 is 0.976 bits per heavy atom. The average Bonchev–Trinajstić information content (AvgIpc) is 2.86. The number of aryl methyl sites for hydroxylation is 3. The van der Waals surface area contributed by atoms with Crippen LogP contribution >= 0.6 is 0 Å². The number of aliphatic hydroxyl groups is 1. The van der Waals surface area contributed by atoms with Gasteiger partial charge in [-0.15, -0.1) is 0 Å². The molecule has 7 heteroatoms. The van der Waals surface area contributed by atoms with E-state index >= 15 is 0 Å². The summed E-state index contributed by atoms with van der Waals surface area (Å²) in [6.45, 7) is 10.1. The summed E-state index contributed by atoms with van der Waals surface area (Å²) >= 11 is 0.